The molecule has 0 aliphatic carbocycles. The maximum Gasteiger partial charge on any atom is 0.153 e. The molecule has 0 bridgehead atoms. The quantitative estimate of drug-likeness (QED) is 0.794. The Labute approximate surface area is 122 Å². The third kappa shape index (κ3) is 2.89. The van der Waals surface area contributed by atoms with Crippen LogP contribution in [0.25, 0.3) is 5.69 Å². The van der Waals surface area contributed by atoms with Crippen LogP contribution in [-0.4, -0.2) is 25.2 Å². The topological polar surface area (TPSA) is 68.5 Å². The van der Waals surface area contributed by atoms with E-state index in [4.69, 9.17) is 0 Å². The van der Waals surface area contributed by atoms with E-state index < -0.39 is 0 Å². The normalized spacial score (nSPS) is 10.6. The van der Waals surface area contributed by atoms with E-state index in [0.29, 0.717) is 0 Å². The molecule has 6 nitrogen and oxygen atoms in total. The Balaban J connectivity index is 1.78. The predicted octanol–water partition coefficient (Wildman–Crippen LogP) is 2.29. The zero-order valence-corrected chi connectivity index (χ0v) is 12.0. The van der Waals surface area contributed by atoms with Gasteiger partial charge in [-0.15, -0.1) is 5.10 Å². The molecule has 0 aliphatic rings. The summed E-state index contributed by atoms with van der Waals surface area (Å²) < 4.78 is 1.71. The maximum absolute atomic E-state index is 4.16. The van der Waals surface area contributed by atoms with Crippen LogP contribution in [0, 0.1) is 13.8 Å². The summed E-state index contributed by atoms with van der Waals surface area (Å²) in [5, 5.41) is 14.9. The number of tetrazole rings is 1. The summed E-state index contributed by atoms with van der Waals surface area (Å²) in [5.41, 5.74) is 4.36. The zero-order chi connectivity index (χ0) is 14.7. The highest BCUT2D eigenvalue weighted by Crippen LogP contribution is 2.16. The number of rotatable bonds is 4. The van der Waals surface area contributed by atoms with Crippen LogP contribution < -0.4 is 5.32 Å². The molecule has 0 amide bonds. The summed E-state index contributed by atoms with van der Waals surface area (Å²) in [6, 6.07) is 10.0. The Bertz CT molecular complexity index is 749. The standard InChI is InChI=1S/C15H16N6/c1-11-6-7-16-9-13(11)10-17-14-4-3-5-15(8-14)21-12(2)18-19-20-21/h3-9,17H,10H2,1-2H3. The second-order valence-electron chi connectivity index (χ2n) is 4.84. The van der Waals surface area contributed by atoms with Gasteiger partial charge in [-0.25, -0.2) is 0 Å². The first-order valence-corrected chi connectivity index (χ1v) is 6.73. The molecular formula is C15H16N6. The summed E-state index contributed by atoms with van der Waals surface area (Å²) in [6.07, 6.45) is 3.69. The smallest absolute Gasteiger partial charge is 0.153 e. The van der Waals surface area contributed by atoms with Gasteiger partial charge in [-0.05, 0) is 59.7 Å². The predicted molar refractivity (Wildman–Crippen MR) is 80.2 cm³/mol. The number of anilines is 1. The highest BCUT2D eigenvalue weighted by atomic mass is 15.5. The van der Waals surface area contributed by atoms with E-state index in [-0.39, 0.29) is 0 Å². The molecule has 0 fully saturated rings. The van der Waals surface area contributed by atoms with E-state index in [2.05, 4.69) is 32.7 Å². The fraction of sp³-hybridized carbons (Fsp3) is 0.200. The van der Waals surface area contributed by atoms with E-state index in [0.717, 1.165) is 23.7 Å². The van der Waals surface area contributed by atoms with E-state index in [1.807, 2.05) is 43.5 Å². The average molecular weight is 280 g/mol. The van der Waals surface area contributed by atoms with Gasteiger partial charge in [-0.2, -0.15) is 4.68 Å². The second kappa shape index (κ2) is 5.70. The van der Waals surface area contributed by atoms with Crippen LogP contribution in [0.4, 0.5) is 5.69 Å². The van der Waals surface area contributed by atoms with Crippen molar-refractivity contribution in [1.82, 2.24) is 25.2 Å². The molecule has 6 heteroatoms. The lowest BCUT2D eigenvalue weighted by atomic mass is 10.1. The lowest BCUT2D eigenvalue weighted by molar-refractivity contribution is 0.779. The first-order valence-electron chi connectivity index (χ1n) is 6.73. The Morgan fingerprint density at radius 2 is 2.10 bits per heavy atom. The summed E-state index contributed by atoms with van der Waals surface area (Å²) >= 11 is 0. The largest absolute Gasteiger partial charge is 0.381 e. The average Bonchev–Trinajstić information content (AvgIpc) is 2.93. The van der Waals surface area contributed by atoms with Gasteiger partial charge in [0, 0.05) is 24.6 Å². The highest BCUT2D eigenvalue weighted by Gasteiger charge is 2.04. The number of pyridine rings is 1. The van der Waals surface area contributed by atoms with Crippen molar-refractivity contribution in [3.8, 4) is 5.69 Å². The molecule has 3 rings (SSSR count). The summed E-state index contributed by atoms with van der Waals surface area (Å²) in [5.74, 6) is 0.759. The molecule has 0 saturated carbocycles. The van der Waals surface area contributed by atoms with Gasteiger partial charge in [0.15, 0.2) is 5.82 Å². The number of benzene rings is 1. The first kappa shape index (κ1) is 13.2. The van der Waals surface area contributed by atoms with Crippen molar-refractivity contribution < 1.29 is 0 Å². The molecule has 0 saturated heterocycles. The fourth-order valence-corrected chi connectivity index (χ4v) is 2.10. The van der Waals surface area contributed by atoms with Crippen LogP contribution >= 0.6 is 0 Å². The monoisotopic (exact) mass is 280 g/mol. The molecule has 0 spiro atoms. The molecular weight excluding hydrogens is 264 g/mol. The Morgan fingerprint density at radius 3 is 2.86 bits per heavy atom. The van der Waals surface area contributed by atoms with Gasteiger partial charge in [-0.1, -0.05) is 6.07 Å². The van der Waals surface area contributed by atoms with E-state index in [1.165, 1.54) is 11.1 Å². The minimum Gasteiger partial charge on any atom is -0.381 e. The Hall–Kier alpha value is -2.76. The maximum atomic E-state index is 4.16. The van der Waals surface area contributed by atoms with Crippen molar-refractivity contribution in [2.75, 3.05) is 5.32 Å². The highest BCUT2D eigenvalue weighted by molar-refractivity contribution is 5.51. The van der Waals surface area contributed by atoms with Gasteiger partial charge in [-0.3, -0.25) is 4.98 Å². The third-order valence-electron chi connectivity index (χ3n) is 3.35. The zero-order valence-electron chi connectivity index (χ0n) is 12.0. The van der Waals surface area contributed by atoms with Crippen molar-refractivity contribution in [1.29, 1.82) is 0 Å². The van der Waals surface area contributed by atoms with Crippen LogP contribution in [-0.2, 0) is 6.54 Å². The number of nitrogens with one attached hydrogen (secondary N) is 1. The lowest BCUT2D eigenvalue weighted by Gasteiger charge is -2.10. The van der Waals surface area contributed by atoms with Crippen molar-refractivity contribution in [2.45, 2.75) is 20.4 Å². The Kier molecular flexibility index (Phi) is 3.59. The molecule has 1 N–H and O–H groups in total. The first-order chi connectivity index (χ1) is 10.2. The van der Waals surface area contributed by atoms with E-state index >= 15 is 0 Å². The summed E-state index contributed by atoms with van der Waals surface area (Å²) in [4.78, 5) is 4.16. The molecule has 0 atom stereocenters. The number of hydrogen-bond donors (Lipinski definition) is 1. The molecule has 0 aliphatic heterocycles. The van der Waals surface area contributed by atoms with Crippen LogP contribution in [0.3, 0.4) is 0 Å². The molecule has 21 heavy (non-hydrogen) atoms. The van der Waals surface area contributed by atoms with Crippen LogP contribution in [0.15, 0.2) is 42.7 Å². The van der Waals surface area contributed by atoms with Crippen LogP contribution in [0.2, 0.25) is 0 Å². The summed E-state index contributed by atoms with van der Waals surface area (Å²) in [6.45, 7) is 4.69. The van der Waals surface area contributed by atoms with Crippen molar-refractivity contribution in [3.05, 3.63) is 59.7 Å². The summed E-state index contributed by atoms with van der Waals surface area (Å²) in [7, 11) is 0. The van der Waals surface area contributed by atoms with Gasteiger partial charge in [0.1, 0.15) is 0 Å². The van der Waals surface area contributed by atoms with E-state index in [9.17, 15) is 0 Å². The molecule has 0 radical (unpaired) electrons. The minimum absolute atomic E-state index is 0.734. The van der Waals surface area contributed by atoms with Crippen molar-refractivity contribution >= 4 is 5.69 Å². The number of aryl methyl sites for hydroxylation is 2. The van der Waals surface area contributed by atoms with E-state index in [1.54, 1.807) is 10.9 Å². The molecule has 3 aromatic rings. The SMILES string of the molecule is Cc1ccncc1CNc1cccc(-n2nnnc2C)c1. The molecule has 106 valence electrons. The van der Waals surface area contributed by atoms with Crippen LogP contribution in [0.5, 0.6) is 0 Å². The Morgan fingerprint density at radius 1 is 1.19 bits per heavy atom. The number of aromatic nitrogens is 5. The molecule has 2 aromatic heterocycles. The number of hydrogen-bond acceptors (Lipinski definition) is 5. The van der Waals surface area contributed by atoms with Gasteiger partial charge >= 0.3 is 0 Å². The third-order valence-corrected chi connectivity index (χ3v) is 3.35. The molecule has 0 unspecified atom stereocenters. The van der Waals surface area contributed by atoms with Gasteiger partial charge in [0.05, 0.1) is 5.69 Å². The van der Waals surface area contributed by atoms with Crippen molar-refractivity contribution in [3.63, 3.8) is 0 Å². The fourth-order valence-electron chi connectivity index (χ4n) is 2.10. The van der Waals surface area contributed by atoms with Crippen LogP contribution in [0.1, 0.15) is 17.0 Å². The van der Waals surface area contributed by atoms with Gasteiger partial charge < -0.3 is 5.32 Å². The second-order valence-corrected chi connectivity index (χ2v) is 4.84. The molecule has 2 heterocycles. The van der Waals surface area contributed by atoms with Gasteiger partial charge in [0.2, 0.25) is 0 Å². The minimum atomic E-state index is 0.734. The lowest BCUT2D eigenvalue weighted by Crippen LogP contribution is -2.04. The number of nitrogens with zero attached hydrogens (tertiary/aromatic N) is 5. The molecule has 1 aromatic carbocycles. The van der Waals surface area contributed by atoms with Crippen molar-refractivity contribution in [2.24, 2.45) is 0 Å². The van der Waals surface area contributed by atoms with Gasteiger partial charge in [0.25, 0.3) is 0 Å².